The lowest BCUT2D eigenvalue weighted by Gasteiger charge is -2.45. The monoisotopic (exact) mass is 293 g/mol. The Balaban J connectivity index is 1.75. The molecule has 2 fully saturated rings. The lowest BCUT2D eigenvalue weighted by atomic mass is 9.77. The van der Waals surface area contributed by atoms with Gasteiger partial charge in [0.05, 0.1) is 11.8 Å². The third kappa shape index (κ3) is 3.00. The molecular weight excluding hydrogens is 270 g/mol. The van der Waals surface area contributed by atoms with E-state index >= 15 is 0 Å². The van der Waals surface area contributed by atoms with E-state index in [2.05, 4.69) is 33.3 Å². The van der Waals surface area contributed by atoms with Crippen LogP contribution in [0.25, 0.3) is 0 Å². The highest BCUT2D eigenvalue weighted by atomic mass is 32.2. The molecule has 0 aromatic carbocycles. The molecule has 1 aromatic heterocycles. The Morgan fingerprint density at radius 3 is 2.95 bits per heavy atom. The number of nitrogens with one attached hydrogen (secondary N) is 1. The molecule has 2 saturated heterocycles. The first-order valence-electron chi connectivity index (χ1n) is 7.49. The van der Waals surface area contributed by atoms with Crippen molar-refractivity contribution in [2.75, 3.05) is 25.2 Å². The maximum absolute atomic E-state index is 6.20. The molecular formula is C15H23N3OS. The average molecular weight is 293 g/mol. The van der Waals surface area contributed by atoms with Crippen LogP contribution in [0.4, 0.5) is 0 Å². The van der Waals surface area contributed by atoms with E-state index in [1.165, 1.54) is 36.3 Å². The van der Waals surface area contributed by atoms with E-state index in [4.69, 9.17) is 4.74 Å². The molecule has 2 unspecified atom stereocenters. The Bertz CT molecular complexity index is 417. The summed E-state index contributed by atoms with van der Waals surface area (Å²) in [5, 5.41) is 11.4. The Labute approximate surface area is 125 Å². The minimum absolute atomic E-state index is 0.143. The van der Waals surface area contributed by atoms with Gasteiger partial charge in [-0.15, -0.1) is 0 Å². The van der Waals surface area contributed by atoms with Crippen LogP contribution < -0.4 is 5.32 Å². The molecule has 0 saturated carbocycles. The largest absolute Gasteiger partial charge is 0.375 e. The van der Waals surface area contributed by atoms with E-state index in [0.717, 1.165) is 13.0 Å². The molecule has 1 N–H and O–H groups in total. The summed E-state index contributed by atoms with van der Waals surface area (Å²) in [5.41, 5.74) is 1.39. The third-order valence-corrected chi connectivity index (χ3v) is 5.67. The molecule has 0 amide bonds. The molecule has 0 aliphatic carbocycles. The number of hydrogen-bond donors (Lipinski definition) is 1. The van der Waals surface area contributed by atoms with Crippen LogP contribution >= 0.6 is 11.8 Å². The molecule has 0 radical (unpaired) electrons. The van der Waals surface area contributed by atoms with Gasteiger partial charge in [-0.3, -0.25) is 0 Å². The molecule has 3 heterocycles. The van der Waals surface area contributed by atoms with Crippen molar-refractivity contribution in [2.45, 2.75) is 37.3 Å². The first kappa shape index (κ1) is 14.3. The smallest absolute Gasteiger partial charge is 0.0701 e. The summed E-state index contributed by atoms with van der Waals surface area (Å²) in [6, 6.07) is 2.44. The highest BCUT2D eigenvalue weighted by Gasteiger charge is 2.41. The second-order valence-corrected chi connectivity index (χ2v) is 7.06. The van der Waals surface area contributed by atoms with Crippen LogP contribution in [0, 0.1) is 5.92 Å². The van der Waals surface area contributed by atoms with Gasteiger partial charge in [0.25, 0.3) is 0 Å². The second-order valence-electron chi connectivity index (χ2n) is 5.84. The van der Waals surface area contributed by atoms with Crippen LogP contribution in [0.2, 0.25) is 0 Å². The van der Waals surface area contributed by atoms with Crippen molar-refractivity contribution in [3.8, 4) is 0 Å². The molecule has 2 aliphatic heterocycles. The van der Waals surface area contributed by atoms with Crippen molar-refractivity contribution in [2.24, 2.45) is 5.92 Å². The van der Waals surface area contributed by atoms with E-state index < -0.39 is 0 Å². The van der Waals surface area contributed by atoms with Gasteiger partial charge in [-0.05, 0) is 61.8 Å². The third-order valence-electron chi connectivity index (χ3n) is 4.68. The molecule has 3 rings (SSSR count). The Morgan fingerprint density at radius 2 is 2.25 bits per heavy atom. The number of aromatic nitrogens is 2. The normalized spacial score (nSPS) is 27.4. The highest BCUT2D eigenvalue weighted by molar-refractivity contribution is 7.99. The van der Waals surface area contributed by atoms with Gasteiger partial charge in [-0.25, -0.2) is 0 Å². The predicted octanol–water partition coefficient (Wildman–Crippen LogP) is 2.43. The fourth-order valence-corrected chi connectivity index (χ4v) is 4.84. The highest BCUT2D eigenvalue weighted by Crippen LogP contribution is 2.43. The van der Waals surface area contributed by atoms with E-state index in [1.807, 2.05) is 13.2 Å². The number of thioether (sulfide) groups is 1. The molecule has 1 spiro atoms. The molecule has 110 valence electrons. The van der Waals surface area contributed by atoms with Crippen LogP contribution in [-0.2, 0) is 4.74 Å². The Morgan fingerprint density at radius 1 is 1.40 bits per heavy atom. The fraction of sp³-hybridized carbons (Fsp3) is 0.733. The summed E-state index contributed by atoms with van der Waals surface area (Å²) in [6.07, 6.45) is 8.38. The van der Waals surface area contributed by atoms with E-state index in [0.29, 0.717) is 12.0 Å². The molecule has 1 aromatic rings. The summed E-state index contributed by atoms with van der Waals surface area (Å²) in [7, 11) is 2.05. The Kier molecular flexibility index (Phi) is 4.58. The molecule has 20 heavy (non-hydrogen) atoms. The van der Waals surface area contributed by atoms with Gasteiger partial charge < -0.3 is 10.1 Å². The maximum atomic E-state index is 6.20. The topological polar surface area (TPSA) is 47.0 Å². The minimum atomic E-state index is 0.143. The lowest BCUT2D eigenvalue weighted by molar-refractivity contribution is -0.107. The summed E-state index contributed by atoms with van der Waals surface area (Å²) >= 11 is 2.06. The summed E-state index contributed by atoms with van der Waals surface area (Å²) in [5.74, 6) is 3.11. The Hall–Kier alpha value is -0.650. The molecule has 5 heteroatoms. The summed E-state index contributed by atoms with van der Waals surface area (Å²) < 4.78 is 6.20. The van der Waals surface area contributed by atoms with Gasteiger partial charge in [0.2, 0.25) is 0 Å². The van der Waals surface area contributed by atoms with E-state index in [-0.39, 0.29) is 5.60 Å². The zero-order valence-electron chi connectivity index (χ0n) is 12.0. The first-order valence-corrected chi connectivity index (χ1v) is 8.64. The van der Waals surface area contributed by atoms with Crippen molar-refractivity contribution in [1.29, 1.82) is 0 Å². The van der Waals surface area contributed by atoms with Crippen molar-refractivity contribution in [1.82, 2.24) is 15.5 Å². The van der Waals surface area contributed by atoms with Crippen molar-refractivity contribution in [3.05, 3.63) is 24.0 Å². The SMILES string of the molecule is CNC(c1ccnnc1)C1CCOC2(CCSCC2)C1. The average Bonchev–Trinajstić information content (AvgIpc) is 2.50. The second kappa shape index (κ2) is 6.41. The van der Waals surface area contributed by atoms with Gasteiger partial charge in [0.1, 0.15) is 0 Å². The van der Waals surface area contributed by atoms with Gasteiger partial charge in [-0.1, -0.05) is 0 Å². The van der Waals surface area contributed by atoms with Crippen molar-refractivity contribution >= 4 is 11.8 Å². The summed E-state index contributed by atoms with van der Waals surface area (Å²) in [6.45, 7) is 0.895. The number of ether oxygens (including phenoxy) is 1. The number of nitrogens with zero attached hydrogens (tertiary/aromatic N) is 2. The van der Waals surface area contributed by atoms with Gasteiger partial charge >= 0.3 is 0 Å². The van der Waals surface area contributed by atoms with Crippen LogP contribution in [0.5, 0.6) is 0 Å². The minimum Gasteiger partial charge on any atom is -0.375 e. The molecule has 4 nitrogen and oxygen atoms in total. The quantitative estimate of drug-likeness (QED) is 0.927. The van der Waals surface area contributed by atoms with Gasteiger partial charge in [0, 0.05) is 18.8 Å². The van der Waals surface area contributed by atoms with Crippen molar-refractivity contribution in [3.63, 3.8) is 0 Å². The van der Waals surface area contributed by atoms with E-state index in [1.54, 1.807) is 6.20 Å². The van der Waals surface area contributed by atoms with Crippen molar-refractivity contribution < 1.29 is 4.74 Å². The summed E-state index contributed by atoms with van der Waals surface area (Å²) in [4.78, 5) is 0. The fourth-order valence-electron chi connectivity index (χ4n) is 3.60. The van der Waals surface area contributed by atoms with Crippen LogP contribution in [0.15, 0.2) is 18.5 Å². The molecule has 2 aliphatic rings. The number of hydrogen-bond acceptors (Lipinski definition) is 5. The lowest BCUT2D eigenvalue weighted by Crippen LogP contribution is -2.45. The standard InChI is InChI=1S/C15H23N3OS/c1-16-14(13-2-6-17-18-11-13)12-3-7-19-15(10-12)4-8-20-9-5-15/h2,6,11-12,14,16H,3-5,7-10H2,1H3. The molecule has 0 bridgehead atoms. The van der Waals surface area contributed by atoms with Crippen LogP contribution in [-0.4, -0.2) is 41.0 Å². The first-order chi connectivity index (χ1) is 9.83. The van der Waals surface area contributed by atoms with Crippen LogP contribution in [0.1, 0.15) is 37.3 Å². The van der Waals surface area contributed by atoms with Gasteiger partial charge in [-0.2, -0.15) is 22.0 Å². The van der Waals surface area contributed by atoms with Crippen LogP contribution in [0.3, 0.4) is 0 Å². The maximum Gasteiger partial charge on any atom is 0.0701 e. The zero-order valence-corrected chi connectivity index (χ0v) is 12.9. The number of rotatable bonds is 3. The zero-order chi connectivity index (χ0) is 13.8. The van der Waals surface area contributed by atoms with E-state index in [9.17, 15) is 0 Å². The predicted molar refractivity (Wildman–Crippen MR) is 81.8 cm³/mol. The molecule has 2 atom stereocenters. The van der Waals surface area contributed by atoms with Gasteiger partial charge in [0.15, 0.2) is 0 Å².